The van der Waals surface area contributed by atoms with Crippen LogP contribution in [0.5, 0.6) is 17.2 Å². The van der Waals surface area contributed by atoms with Gasteiger partial charge in [-0.15, -0.1) is 0 Å². The highest BCUT2D eigenvalue weighted by atomic mass is 16.5. The van der Waals surface area contributed by atoms with Gasteiger partial charge in [0, 0.05) is 41.3 Å². The molecule has 0 spiro atoms. The predicted octanol–water partition coefficient (Wildman–Crippen LogP) is 4.91. The average molecular weight is 482 g/mol. The lowest BCUT2D eigenvalue weighted by molar-refractivity contribution is 0.0950. The number of amides is 2. The van der Waals surface area contributed by atoms with E-state index >= 15 is 0 Å². The average Bonchev–Trinajstić information content (AvgIpc) is 3.32. The smallest absolute Gasteiger partial charge is 0.267 e. The highest BCUT2D eigenvalue weighted by molar-refractivity contribution is 6.08. The van der Waals surface area contributed by atoms with E-state index in [1.807, 2.05) is 25.1 Å². The first-order valence-corrected chi connectivity index (χ1v) is 11.3. The monoisotopic (exact) mass is 481 g/mol. The number of aromatic nitrogens is 3. The Hall–Kier alpha value is -4.92. The molecule has 0 unspecified atom stereocenters. The van der Waals surface area contributed by atoms with Crippen LogP contribution in [0.15, 0.2) is 73.1 Å². The Kier molecular flexibility index (Phi) is 6.19. The normalized spacial score (nSPS) is 10.8. The van der Waals surface area contributed by atoms with E-state index in [9.17, 15) is 9.59 Å². The van der Waals surface area contributed by atoms with Crippen LogP contribution in [0.4, 0.5) is 5.82 Å². The molecule has 36 heavy (non-hydrogen) atoms. The minimum Gasteiger partial charge on any atom is -0.496 e. The second-order valence-corrected chi connectivity index (χ2v) is 7.94. The third-order valence-electron chi connectivity index (χ3n) is 5.58. The first-order valence-electron chi connectivity index (χ1n) is 11.3. The van der Waals surface area contributed by atoms with Crippen molar-refractivity contribution < 1.29 is 19.1 Å². The van der Waals surface area contributed by atoms with Gasteiger partial charge in [0.15, 0.2) is 0 Å². The first-order chi connectivity index (χ1) is 17.6. The molecule has 9 nitrogen and oxygen atoms in total. The number of aromatic amines is 1. The predicted molar refractivity (Wildman–Crippen MR) is 137 cm³/mol. The lowest BCUT2D eigenvalue weighted by atomic mass is 10.1. The summed E-state index contributed by atoms with van der Waals surface area (Å²) in [6.45, 7) is 2.42. The maximum absolute atomic E-state index is 13.0. The van der Waals surface area contributed by atoms with Crippen LogP contribution in [0.25, 0.3) is 21.8 Å². The number of ether oxygens (including phenoxy) is 2. The van der Waals surface area contributed by atoms with Crippen LogP contribution in [0.1, 0.15) is 27.8 Å². The van der Waals surface area contributed by atoms with E-state index in [1.54, 1.807) is 54.9 Å². The van der Waals surface area contributed by atoms with Gasteiger partial charge in [0.05, 0.1) is 18.2 Å². The van der Waals surface area contributed by atoms with Crippen molar-refractivity contribution in [3.8, 4) is 17.2 Å². The lowest BCUT2D eigenvalue weighted by Gasteiger charge is -2.13. The van der Waals surface area contributed by atoms with Crippen LogP contribution in [-0.4, -0.2) is 40.4 Å². The number of fused-ring (bicyclic) bond motifs is 2. The maximum atomic E-state index is 13.0. The van der Waals surface area contributed by atoms with Gasteiger partial charge in [0.1, 0.15) is 28.8 Å². The number of nitrogens with zero attached hydrogens (tertiary/aromatic N) is 2. The van der Waals surface area contributed by atoms with E-state index in [-0.39, 0.29) is 11.8 Å². The van der Waals surface area contributed by atoms with Gasteiger partial charge in [-0.1, -0.05) is 6.07 Å². The van der Waals surface area contributed by atoms with Crippen molar-refractivity contribution in [3.05, 3.63) is 84.3 Å². The zero-order valence-electron chi connectivity index (χ0n) is 19.7. The summed E-state index contributed by atoms with van der Waals surface area (Å²) < 4.78 is 11.7. The van der Waals surface area contributed by atoms with Crippen molar-refractivity contribution in [2.45, 2.75) is 6.92 Å². The van der Waals surface area contributed by atoms with E-state index in [1.165, 1.54) is 7.11 Å². The number of H-pyrrole nitrogens is 1. The Bertz CT molecular complexity index is 1580. The number of hydrogen-bond donors (Lipinski definition) is 3. The molecule has 3 aromatic heterocycles. The van der Waals surface area contributed by atoms with E-state index in [0.717, 1.165) is 10.9 Å². The third-order valence-corrected chi connectivity index (χ3v) is 5.58. The second-order valence-electron chi connectivity index (χ2n) is 7.94. The zero-order chi connectivity index (χ0) is 25.1. The Morgan fingerprint density at radius 1 is 0.944 bits per heavy atom. The molecule has 0 saturated heterocycles. The number of anilines is 1. The molecule has 3 heterocycles. The summed E-state index contributed by atoms with van der Waals surface area (Å²) >= 11 is 0. The molecule has 0 aliphatic heterocycles. The van der Waals surface area contributed by atoms with E-state index in [0.29, 0.717) is 51.8 Å². The van der Waals surface area contributed by atoms with Crippen molar-refractivity contribution in [2.75, 3.05) is 19.0 Å². The number of benzene rings is 2. The molecular formula is C27H23N5O4. The minimum atomic E-state index is -0.367. The number of carbonyl (C=O) groups is 2. The Labute approximate surface area is 206 Å². The van der Waals surface area contributed by atoms with Gasteiger partial charge in [-0.25, -0.2) is 4.98 Å². The topological polar surface area (TPSA) is 118 Å². The van der Waals surface area contributed by atoms with Crippen LogP contribution in [0.3, 0.4) is 0 Å². The van der Waals surface area contributed by atoms with Crippen molar-refractivity contribution >= 4 is 39.4 Å². The lowest BCUT2D eigenvalue weighted by Crippen LogP contribution is -2.22. The molecule has 0 aliphatic carbocycles. The van der Waals surface area contributed by atoms with Gasteiger partial charge in [0.25, 0.3) is 11.8 Å². The summed E-state index contributed by atoms with van der Waals surface area (Å²) in [4.78, 5) is 36.9. The molecule has 2 amide bonds. The molecule has 0 radical (unpaired) electrons. The van der Waals surface area contributed by atoms with Gasteiger partial charge in [-0.3, -0.25) is 14.6 Å². The molecule has 5 aromatic rings. The number of carbonyl (C=O) groups excluding carboxylic acids is 2. The fourth-order valence-corrected chi connectivity index (χ4v) is 3.88. The highest BCUT2D eigenvalue weighted by Crippen LogP contribution is 2.34. The molecule has 0 bridgehead atoms. The summed E-state index contributed by atoms with van der Waals surface area (Å²) in [6, 6.07) is 17.7. The Morgan fingerprint density at radius 2 is 1.83 bits per heavy atom. The molecule has 0 atom stereocenters. The molecule has 180 valence electrons. The van der Waals surface area contributed by atoms with Gasteiger partial charge in [-0.2, -0.15) is 0 Å². The van der Waals surface area contributed by atoms with E-state index in [2.05, 4.69) is 25.6 Å². The third kappa shape index (κ3) is 4.54. The standard InChI is InChI=1S/C27H23N5O4/c1-3-28-27(34)22-13-16-12-17(7-8-20(16)31-22)36-23-9-11-29-21-15-24(35-2)19(14-18(21)23)26(33)32-25-6-4-5-10-30-25/h4-15,31H,3H2,1-2H3,(H,28,34)(H,30,32,33). The van der Waals surface area contributed by atoms with Crippen LogP contribution in [0.2, 0.25) is 0 Å². The number of rotatable bonds is 7. The molecule has 5 rings (SSSR count). The first kappa shape index (κ1) is 22.9. The quantitative estimate of drug-likeness (QED) is 0.304. The van der Waals surface area contributed by atoms with Crippen molar-refractivity contribution in [1.82, 2.24) is 20.3 Å². The van der Waals surface area contributed by atoms with Crippen molar-refractivity contribution in [3.63, 3.8) is 0 Å². The van der Waals surface area contributed by atoms with Gasteiger partial charge in [0.2, 0.25) is 0 Å². The number of hydrogen-bond acceptors (Lipinski definition) is 6. The Balaban J connectivity index is 1.49. The van der Waals surface area contributed by atoms with Crippen LogP contribution < -0.4 is 20.1 Å². The van der Waals surface area contributed by atoms with Crippen LogP contribution >= 0.6 is 0 Å². The van der Waals surface area contributed by atoms with Crippen molar-refractivity contribution in [1.29, 1.82) is 0 Å². The van der Waals surface area contributed by atoms with Crippen molar-refractivity contribution in [2.24, 2.45) is 0 Å². The summed E-state index contributed by atoms with van der Waals surface area (Å²) in [5, 5.41) is 7.04. The largest absolute Gasteiger partial charge is 0.496 e. The summed E-state index contributed by atoms with van der Waals surface area (Å²) in [5.41, 5.74) is 2.23. The molecule has 0 saturated carbocycles. The van der Waals surface area contributed by atoms with Gasteiger partial charge >= 0.3 is 0 Å². The fourth-order valence-electron chi connectivity index (χ4n) is 3.88. The highest BCUT2D eigenvalue weighted by Gasteiger charge is 2.17. The SMILES string of the molecule is CCNC(=O)c1cc2cc(Oc3ccnc4cc(OC)c(C(=O)Nc5ccccn5)cc34)ccc2[nH]1. The fraction of sp³-hybridized carbons (Fsp3) is 0.111. The Morgan fingerprint density at radius 3 is 2.61 bits per heavy atom. The van der Waals surface area contributed by atoms with E-state index in [4.69, 9.17) is 9.47 Å². The summed E-state index contributed by atoms with van der Waals surface area (Å²) in [5.74, 6) is 1.38. The maximum Gasteiger partial charge on any atom is 0.267 e. The molecular weight excluding hydrogens is 458 g/mol. The molecule has 3 N–H and O–H groups in total. The second kappa shape index (κ2) is 9.75. The molecule has 9 heteroatoms. The number of pyridine rings is 2. The van der Waals surface area contributed by atoms with Gasteiger partial charge < -0.3 is 25.1 Å². The summed E-state index contributed by atoms with van der Waals surface area (Å²) in [6.07, 6.45) is 3.23. The molecule has 0 fully saturated rings. The molecule has 2 aromatic carbocycles. The van der Waals surface area contributed by atoms with Crippen LogP contribution in [0, 0.1) is 0 Å². The van der Waals surface area contributed by atoms with E-state index < -0.39 is 0 Å². The minimum absolute atomic E-state index is 0.165. The molecule has 0 aliphatic rings. The number of methoxy groups -OCH3 is 1. The van der Waals surface area contributed by atoms with Gasteiger partial charge in [-0.05, 0) is 55.5 Å². The van der Waals surface area contributed by atoms with Crippen LogP contribution in [-0.2, 0) is 0 Å². The zero-order valence-corrected chi connectivity index (χ0v) is 19.7. The summed E-state index contributed by atoms with van der Waals surface area (Å²) in [7, 11) is 1.50. The number of nitrogens with one attached hydrogen (secondary N) is 3.